The van der Waals surface area contributed by atoms with Crippen molar-refractivity contribution in [2.45, 2.75) is 0 Å². The second-order valence-corrected chi connectivity index (χ2v) is 5.36. The van der Waals surface area contributed by atoms with Crippen LogP contribution < -0.4 is 5.32 Å². The number of carbonyl (C=O) groups is 1. The first-order valence-corrected chi connectivity index (χ1v) is 7.18. The summed E-state index contributed by atoms with van der Waals surface area (Å²) in [5, 5.41) is 6.34. The molecule has 0 unspecified atom stereocenters. The molecule has 21 heavy (non-hydrogen) atoms. The van der Waals surface area contributed by atoms with E-state index in [1.807, 2.05) is 24.3 Å². The maximum Gasteiger partial charge on any atom is 0.265 e. The van der Waals surface area contributed by atoms with Crippen LogP contribution in [0.25, 0.3) is 0 Å². The Kier molecular flexibility index (Phi) is 5.68. The topological polar surface area (TPSA) is 50.7 Å². The van der Waals surface area contributed by atoms with E-state index < -0.39 is 0 Å². The Morgan fingerprint density at radius 1 is 1.19 bits per heavy atom. The predicted molar refractivity (Wildman–Crippen MR) is 87.7 cm³/mol. The third-order valence-corrected chi connectivity index (χ3v) is 3.19. The molecule has 0 heterocycles. The van der Waals surface area contributed by atoms with Gasteiger partial charge in [0.2, 0.25) is 0 Å². The highest BCUT2D eigenvalue weighted by atomic mass is 127. The van der Waals surface area contributed by atoms with E-state index in [4.69, 9.17) is 4.84 Å². The Bertz CT molecular complexity index is 627. The van der Waals surface area contributed by atoms with Crippen LogP contribution in [0.15, 0.2) is 53.7 Å². The summed E-state index contributed by atoms with van der Waals surface area (Å²) < 4.78 is 13.8. The van der Waals surface area contributed by atoms with Gasteiger partial charge in [0.05, 0.1) is 6.21 Å². The fraction of sp³-hybridized carbons (Fsp3) is 0.0667. The molecule has 0 fully saturated rings. The monoisotopic (exact) mass is 398 g/mol. The first-order chi connectivity index (χ1) is 10.1. The van der Waals surface area contributed by atoms with Crippen LogP contribution in [0, 0.1) is 9.39 Å². The van der Waals surface area contributed by atoms with Crippen molar-refractivity contribution in [3.63, 3.8) is 0 Å². The van der Waals surface area contributed by atoms with Gasteiger partial charge >= 0.3 is 0 Å². The molecule has 6 heteroatoms. The van der Waals surface area contributed by atoms with Crippen molar-refractivity contribution in [1.82, 2.24) is 0 Å². The minimum Gasteiger partial charge on any atom is -0.386 e. The van der Waals surface area contributed by atoms with Crippen molar-refractivity contribution < 1.29 is 14.0 Å². The van der Waals surface area contributed by atoms with Gasteiger partial charge in [-0.3, -0.25) is 4.79 Å². The first-order valence-electron chi connectivity index (χ1n) is 6.10. The molecule has 4 nitrogen and oxygen atoms in total. The summed E-state index contributed by atoms with van der Waals surface area (Å²) in [5.74, 6) is -0.613. The Labute approximate surface area is 135 Å². The molecule has 2 aromatic rings. The van der Waals surface area contributed by atoms with Gasteiger partial charge in [0, 0.05) is 9.26 Å². The standard InChI is InChI=1S/C15H12FIN2O2/c16-12-3-1-11(2-4-12)9-18-21-10-15(20)19-14-7-5-13(17)6-8-14/h1-9H,10H2,(H,19,20)/b18-9+. The second kappa shape index (κ2) is 7.72. The predicted octanol–water partition coefficient (Wildman–Crippen LogP) is 3.42. The lowest BCUT2D eigenvalue weighted by molar-refractivity contribution is -0.120. The average molecular weight is 398 g/mol. The van der Waals surface area contributed by atoms with E-state index in [0.29, 0.717) is 11.3 Å². The van der Waals surface area contributed by atoms with Gasteiger partial charge in [-0.15, -0.1) is 0 Å². The van der Waals surface area contributed by atoms with E-state index >= 15 is 0 Å². The van der Waals surface area contributed by atoms with Crippen molar-refractivity contribution in [2.75, 3.05) is 11.9 Å². The fourth-order valence-corrected chi connectivity index (χ4v) is 1.83. The molecule has 0 saturated heterocycles. The SMILES string of the molecule is O=C(CO/N=C/c1ccc(F)cc1)Nc1ccc(I)cc1. The van der Waals surface area contributed by atoms with Crippen molar-refractivity contribution >= 4 is 40.4 Å². The molecule has 0 bridgehead atoms. The quantitative estimate of drug-likeness (QED) is 0.477. The van der Waals surface area contributed by atoms with Gasteiger partial charge in [0.1, 0.15) is 5.82 Å². The van der Waals surface area contributed by atoms with Crippen LogP contribution >= 0.6 is 22.6 Å². The van der Waals surface area contributed by atoms with E-state index in [1.54, 1.807) is 12.1 Å². The van der Waals surface area contributed by atoms with E-state index in [9.17, 15) is 9.18 Å². The summed E-state index contributed by atoms with van der Waals surface area (Å²) in [6, 6.07) is 13.2. The normalized spacial score (nSPS) is 10.6. The van der Waals surface area contributed by atoms with Crippen LogP contribution in [-0.4, -0.2) is 18.7 Å². The van der Waals surface area contributed by atoms with Gasteiger partial charge in [-0.05, 0) is 64.6 Å². The number of hydrogen-bond donors (Lipinski definition) is 1. The van der Waals surface area contributed by atoms with Crippen molar-refractivity contribution in [3.8, 4) is 0 Å². The molecule has 0 spiro atoms. The number of rotatable bonds is 5. The number of amides is 1. The highest BCUT2D eigenvalue weighted by Crippen LogP contribution is 2.10. The summed E-state index contributed by atoms with van der Waals surface area (Å²) in [4.78, 5) is 16.5. The summed E-state index contributed by atoms with van der Waals surface area (Å²) in [6.07, 6.45) is 1.41. The Hall–Kier alpha value is -1.96. The molecule has 2 aromatic carbocycles. The lowest BCUT2D eigenvalue weighted by Gasteiger charge is -2.04. The second-order valence-electron chi connectivity index (χ2n) is 4.11. The zero-order valence-electron chi connectivity index (χ0n) is 10.9. The molecule has 108 valence electrons. The molecule has 0 saturated carbocycles. The van der Waals surface area contributed by atoms with Crippen LogP contribution in [-0.2, 0) is 9.63 Å². The number of oxime groups is 1. The zero-order chi connectivity index (χ0) is 15.1. The number of carbonyl (C=O) groups excluding carboxylic acids is 1. The number of halogens is 2. The maximum absolute atomic E-state index is 12.7. The third-order valence-electron chi connectivity index (χ3n) is 2.47. The van der Waals surface area contributed by atoms with Crippen LogP contribution in [0.5, 0.6) is 0 Å². The molecule has 0 aliphatic rings. The van der Waals surface area contributed by atoms with Crippen molar-refractivity contribution in [3.05, 3.63) is 63.5 Å². The summed E-state index contributed by atoms with van der Waals surface area (Å²) in [7, 11) is 0. The molecule has 0 aliphatic carbocycles. The number of anilines is 1. The maximum atomic E-state index is 12.7. The van der Waals surface area contributed by atoms with Crippen LogP contribution in [0.3, 0.4) is 0 Å². The lowest BCUT2D eigenvalue weighted by Crippen LogP contribution is -2.16. The Morgan fingerprint density at radius 3 is 2.52 bits per heavy atom. The Balaban J connectivity index is 1.76. The minimum atomic E-state index is -0.315. The molecule has 0 aliphatic heterocycles. The molecule has 1 amide bonds. The van der Waals surface area contributed by atoms with Gasteiger partial charge in [-0.2, -0.15) is 0 Å². The highest BCUT2D eigenvalue weighted by Gasteiger charge is 2.02. The third kappa shape index (κ3) is 5.50. The average Bonchev–Trinajstić information content (AvgIpc) is 2.48. The smallest absolute Gasteiger partial charge is 0.265 e. The number of nitrogens with one attached hydrogen (secondary N) is 1. The van der Waals surface area contributed by atoms with Crippen LogP contribution in [0.2, 0.25) is 0 Å². The van der Waals surface area contributed by atoms with Crippen molar-refractivity contribution in [2.24, 2.45) is 5.16 Å². The molecular formula is C15H12FIN2O2. The van der Waals surface area contributed by atoms with Gasteiger partial charge in [0.25, 0.3) is 5.91 Å². The van der Waals surface area contributed by atoms with Crippen LogP contribution in [0.4, 0.5) is 10.1 Å². The molecule has 0 atom stereocenters. The number of benzene rings is 2. The molecule has 1 N–H and O–H groups in total. The van der Waals surface area contributed by atoms with Gasteiger partial charge < -0.3 is 10.2 Å². The molecule has 0 aromatic heterocycles. The number of hydrogen-bond acceptors (Lipinski definition) is 3. The van der Waals surface area contributed by atoms with Gasteiger partial charge in [-0.25, -0.2) is 4.39 Å². The molecular weight excluding hydrogens is 386 g/mol. The van der Waals surface area contributed by atoms with Crippen molar-refractivity contribution in [1.29, 1.82) is 0 Å². The first kappa shape index (κ1) is 15.4. The summed E-state index contributed by atoms with van der Waals surface area (Å²) in [5.41, 5.74) is 1.39. The van der Waals surface area contributed by atoms with E-state index in [1.165, 1.54) is 18.3 Å². The summed E-state index contributed by atoms with van der Waals surface area (Å²) in [6.45, 7) is -0.191. The zero-order valence-corrected chi connectivity index (χ0v) is 13.1. The van der Waals surface area contributed by atoms with E-state index in [0.717, 1.165) is 3.57 Å². The minimum absolute atomic E-state index is 0.191. The fourth-order valence-electron chi connectivity index (χ4n) is 1.47. The lowest BCUT2D eigenvalue weighted by atomic mass is 10.2. The largest absolute Gasteiger partial charge is 0.386 e. The number of nitrogens with zero attached hydrogens (tertiary/aromatic N) is 1. The van der Waals surface area contributed by atoms with Gasteiger partial charge in [-0.1, -0.05) is 17.3 Å². The van der Waals surface area contributed by atoms with E-state index in [-0.39, 0.29) is 18.3 Å². The molecule has 0 radical (unpaired) electrons. The van der Waals surface area contributed by atoms with Crippen LogP contribution in [0.1, 0.15) is 5.56 Å². The van der Waals surface area contributed by atoms with E-state index in [2.05, 4.69) is 33.1 Å². The molecule has 2 rings (SSSR count). The highest BCUT2D eigenvalue weighted by molar-refractivity contribution is 14.1. The Morgan fingerprint density at radius 2 is 1.86 bits per heavy atom. The van der Waals surface area contributed by atoms with Gasteiger partial charge in [0.15, 0.2) is 6.61 Å². The summed E-state index contributed by atoms with van der Waals surface area (Å²) >= 11 is 2.19.